The standard InChI is InChI=1S/C20H26FNO3/c1-20(2,3)25-19(23)22-16-6-5-7-17(22)10-14(9-16)13-8-15(21)12-18(11-13)24-4/h8-9,11-12,16-17H,5-7,10H2,1-4H3. The number of nitrogens with zero attached hydrogens (tertiary/aromatic N) is 1. The van der Waals surface area contributed by atoms with E-state index in [0.717, 1.165) is 30.4 Å². The maximum Gasteiger partial charge on any atom is 0.411 e. The normalized spacial score (nSPS) is 23.1. The number of rotatable bonds is 2. The van der Waals surface area contributed by atoms with Gasteiger partial charge in [-0.2, -0.15) is 0 Å². The van der Waals surface area contributed by atoms with Crippen LogP contribution >= 0.6 is 0 Å². The third-order valence-corrected chi connectivity index (χ3v) is 4.72. The Morgan fingerprint density at radius 1 is 1.24 bits per heavy atom. The first-order valence-electron chi connectivity index (χ1n) is 8.84. The lowest BCUT2D eigenvalue weighted by atomic mass is 9.83. The molecule has 0 aromatic heterocycles. The van der Waals surface area contributed by atoms with Gasteiger partial charge in [-0.3, -0.25) is 4.90 Å². The molecule has 2 aliphatic rings. The number of hydrogen-bond acceptors (Lipinski definition) is 3. The van der Waals surface area contributed by atoms with Crippen LogP contribution in [0.5, 0.6) is 5.75 Å². The van der Waals surface area contributed by atoms with Gasteiger partial charge in [0, 0.05) is 12.1 Å². The predicted octanol–water partition coefficient (Wildman–Crippen LogP) is 4.78. The zero-order valence-electron chi connectivity index (χ0n) is 15.3. The summed E-state index contributed by atoms with van der Waals surface area (Å²) >= 11 is 0. The van der Waals surface area contributed by atoms with Crippen LogP contribution in [0.3, 0.4) is 0 Å². The first-order chi connectivity index (χ1) is 11.8. The number of ether oxygens (including phenoxy) is 2. The molecule has 1 amide bonds. The van der Waals surface area contributed by atoms with Crippen molar-refractivity contribution in [2.75, 3.05) is 7.11 Å². The minimum Gasteiger partial charge on any atom is -0.497 e. The second-order valence-electron chi connectivity index (χ2n) is 7.82. The molecular formula is C20H26FNO3. The van der Waals surface area contributed by atoms with Gasteiger partial charge in [-0.05, 0) is 69.7 Å². The molecule has 2 bridgehead atoms. The molecule has 1 fully saturated rings. The molecule has 25 heavy (non-hydrogen) atoms. The molecule has 2 aliphatic heterocycles. The highest BCUT2D eigenvalue weighted by molar-refractivity contribution is 5.75. The largest absolute Gasteiger partial charge is 0.497 e. The van der Waals surface area contributed by atoms with Crippen molar-refractivity contribution < 1.29 is 18.7 Å². The molecule has 5 heteroatoms. The van der Waals surface area contributed by atoms with Crippen LogP contribution in [0, 0.1) is 5.82 Å². The third-order valence-electron chi connectivity index (χ3n) is 4.72. The molecule has 1 aromatic rings. The number of carbonyl (C=O) groups is 1. The molecule has 4 nitrogen and oxygen atoms in total. The number of methoxy groups -OCH3 is 1. The highest BCUT2D eigenvalue weighted by Crippen LogP contribution is 2.38. The lowest BCUT2D eigenvalue weighted by Gasteiger charge is -2.45. The average molecular weight is 347 g/mol. The molecule has 0 spiro atoms. The van der Waals surface area contributed by atoms with Gasteiger partial charge in [0.05, 0.1) is 13.2 Å². The van der Waals surface area contributed by atoms with Gasteiger partial charge in [-0.25, -0.2) is 9.18 Å². The lowest BCUT2D eigenvalue weighted by molar-refractivity contribution is 0.0000798. The van der Waals surface area contributed by atoms with E-state index in [1.807, 2.05) is 31.7 Å². The van der Waals surface area contributed by atoms with Crippen LogP contribution in [-0.2, 0) is 4.74 Å². The Kier molecular flexibility index (Phi) is 4.76. The zero-order chi connectivity index (χ0) is 18.2. The monoisotopic (exact) mass is 347 g/mol. The molecule has 0 aliphatic carbocycles. The average Bonchev–Trinajstić information content (AvgIpc) is 2.51. The molecule has 2 unspecified atom stereocenters. The van der Waals surface area contributed by atoms with E-state index in [9.17, 15) is 9.18 Å². The fraction of sp³-hybridized carbons (Fsp3) is 0.550. The zero-order valence-corrected chi connectivity index (χ0v) is 15.3. The summed E-state index contributed by atoms with van der Waals surface area (Å²) in [6, 6.07) is 4.87. The molecule has 0 N–H and O–H groups in total. The molecule has 2 atom stereocenters. The first-order valence-corrected chi connectivity index (χ1v) is 8.84. The second kappa shape index (κ2) is 6.70. The van der Waals surface area contributed by atoms with Crippen LogP contribution < -0.4 is 4.74 Å². The summed E-state index contributed by atoms with van der Waals surface area (Å²) in [5.41, 5.74) is 1.40. The van der Waals surface area contributed by atoms with Gasteiger partial charge in [0.15, 0.2) is 0 Å². The molecule has 136 valence electrons. The van der Waals surface area contributed by atoms with Crippen molar-refractivity contribution in [3.63, 3.8) is 0 Å². The van der Waals surface area contributed by atoms with Gasteiger partial charge in [-0.1, -0.05) is 6.08 Å². The van der Waals surface area contributed by atoms with Crippen molar-refractivity contribution in [2.24, 2.45) is 0 Å². The van der Waals surface area contributed by atoms with E-state index < -0.39 is 5.60 Å². The minimum absolute atomic E-state index is 0.00612. The Hall–Kier alpha value is -2.04. The van der Waals surface area contributed by atoms with Crippen molar-refractivity contribution in [2.45, 2.75) is 64.1 Å². The number of hydrogen-bond donors (Lipinski definition) is 0. The van der Waals surface area contributed by atoms with Gasteiger partial charge in [0.2, 0.25) is 0 Å². The van der Waals surface area contributed by atoms with E-state index in [0.29, 0.717) is 12.2 Å². The Balaban J connectivity index is 1.89. The highest BCUT2D eigenvalue weighted by atomic mass is 19.1. The van der Waals surface area contributed by atoms with Gasteiger partial charge < -0.3 is 9.47 Å². The van der Waals surface area contributed by atoms with Crippen LogP contribution in [0.15, 0.2) is 24.3 Å². The van der Waals surface area contributed by atoms with E-state index in [4.69, 9.17) is 9.47 Å². The lowest BCUT2D eigenvalue weighted by Crippen LogP contribution is -2.53. The Bertz CT molecular complexity index is 693. The molecule has 1 saturated heterocycles. The molecule has 0 saturated carbocycles. The molecule has 3 rings (SSSR count). The summed E-state index contributed by atoms with van der Waals surface area (Å²) in [5, 5.41) is 0. The maximum atomic E-state index is 13.9. The summed E-state index contributed by atoms with van der Waals surface area (Å²) in [6.07, 6.45) is 5.49. The van der Waals surface area contributed by atoms with Crippen molar-refractivity contribution in [1.82, 2.24) is 4.90 Å². The molecule has 2 heterocycles. The predicted molar refractivity (Wildman–Crippen MR) is 95.0 cm³/mol. The smallest absolute Gasteiger partial charge is 0.411 e. The van der Waals surface area contributed by atoms with Gasteiger partial charge in [0.1, 0.15) is 17.2 Å². The third kappa shape index (κ3) is 3.97. The number of piperidine rings is 1. The van der Waals surface area contributed by atoms with Crippen LogP contribution in [-0.4, -0.2) is 35.8 Å². The van der Waals surface area contributed by atoms with Crippen LogP contribution in [0.4, 0.5) is 9.18 Å². The maximum absolute atomic E-state index is 13.9. The van der Waals surface area contributed by atoms with E-state index in [2.05, 4.69) is 6.08 Å². The summed E-state index contributed by atoms with van der Waals surface area (Å²) in [4.78, 5) is 14.5. The number of amides is 1. The first kappa shape index (κ1) is 17.8. The fourth-order valence-electron chi connectivity index (χ4n) is 3.71. The number of carbonyl (C=O) groups excluding carboxylic acids is 1. The van der Waals surface area contributed by atoms with Crippen LogP contribution in [0.2, 0.25) is 0 Å². The van der Waals surface area contributed by atoms with Crippen LogP contribution in [0.1, 0.15) is 52.0 Å². The van der Waals surface area contributed by atoms with Crippen molar-refractivity contribution in [3.8, 4) is 5.75 Å². The van der Waals surface area contributed by atoms with E-state index in [1.165, 1.54) is 19.2 Å². The Morgan fingerprint density at radius 3 is 2.64 bits per heavy atom. The molecule has 1 aromatic carbocycles. The summed E-state index contributed by atoms with van der Waals surface area (Å²) in [6.45, 7) is 5.64. The van der Waals surface area contributed by atoms with Gasteiger partial charge in [0.25, 0.3) is 0 Å². The number of halogens is 1. The topological polar surface area (TPSA) is 38.8 Å². The summed E-state index contributed by atoms with van der Waals surface area (Å²) in [7, 11) is 1.53. The Labute approximate surface area is 148 Å². The van der Waals surface area contributed by atoms with E-state index >= 15 is 0 Å². The SMILES string of the molecule is COc1cc(F)cc(C2=CC3CCCC(C2)N3C(=O)OC(C)(C)C)c1. The Morgan fingerprint density at radius 2 is 2.00 bits per heavy atom. The van der Waals surface area contributed by atoms with E-state index in [1.54, 1.807) is 0 Å². The quantitative estimate of drug-likeness (QED) is 0.773. The van der Waals surface area contributed by atoms with Crippen molar-refractivity contribution in [1.29, 1.82) is 0 Å². The molecular weight excluding hydrogens is 321 g/mol. The minimum atomic E-state index is -0.509. The van der Waals surface area contributed by atoms with Gasteiger partial charge >= 0.3 is 6.09 Å². The summed E-state index contributed by atoms with van der Waals surface area (Å²) in [5.74, 6) is 0.200. The van der Waals surface area contributed by atoms with Crippen molar-refractivity contribution >= 4 is 11.7 Å². The van der Waals surface area contributed by atoms with Crippen molar-refractivity contribution in [3.05, 3.63) is 35.7 Å². The fourth-order valence-corrected chi connectivity index (χ4v) is 3.71. The van der Waals surface area contributed by atoms with Gasteiger partial charge in [-0.15, -0.1) is 0 Å². The highest BCUT2D eigenvalue weighted by Gasteiger charge is 2.39. The molecule has 0 radical (unpaired) electrons. The summed E-state index contributed by atoms with van der Waals surface area (Å²) < 4.78 is 24.6. The number of benzene rings is 1. The van der Waals surface area contributed by atoms with Crippen LogP contribution in [0.25, 0.3) is 5.57 Å². The second-order valence-corrected chi connectivity index (χ2v) is 7.82. The number of fused-ring (bicyclic) bond motifs is 2. The van der Waals surface area contributed by atoms with E-state index in [-0.39, 0.29) is 24.0 Å².